The number of rotatable bonds is 2. The van der Waals surface area contributed by atoms with Gasteiger partial charge in [0.05, 0.1) is 0 Å². The van der Waals surface area contributed by atoms with E-state index in [1.807, 2.05) is 13.1 Å². The molecule has 1 rings (SSSR count). The third-order valence-corrected chi connectivity index (χ3v) is 1.90. The third kappa shape index (κ3) is 1.23. The zero-order chi connectivity index (χ0) is 8.43. The van der Waals surface area contributed by atoms with Crippen LogP contribution < -0.4 is 5.69 Å². The van der Waals surface area contributed by atoms with Crippen LogP contribution in [-0.2, 0) is 20.0 Å². The van der Waals surface area contributed by atoms with Gasteiger partial charge in [0.15, 0.2) is 0 Å². The van der Waals surface area contributed by atoms with E-state index in [9.17, 15) is 4.79 Å². The smallest absolute Gasteiger partial charge is 0.302 e. The lowest BCUT2D eigenvalue weighted by Gasteiger charge is -1.98. The Bertz CT molecular complexity index is 296. The van der Waals surface area contributed by atoms with Crippen molar-refractivity contribution in [1.82, 2.24) is 9.13 Å². The first-order valence-electron chi connectivity index (χ1n) is 3.95. The van der Waals surface area contributed by atoms with Gasteiger partial charge in [0.25, 0.3) is 0 Å². The van der Waals surface area contributed by atoms with Crippen molar-refractivity contribution in [2.75, 3.05) is 0 Å². The highest BCUT2D eigenvalue weighted by atomic mass is 16.1. The van der Waals surface area contributed by atoms with Gasteiger partial charge in [-0.05, 0) is 13.3 Å². The van der Waals surface area contributed by atoms with Gasteiger partial charge in [0.1, 0.15) is 0 Å². The lowest BCUT2D eigenvalue weighted by atomic mass is 10.3. The highest BCUT2D eigenvalue weighted by Gasteiger charge is 2.03. The maximum atomic E-state index is 11.3. The molecule has 0 unspecified atom stereocenters. The van der Waals surface area contributed by atoms with E-state index in [4.69, 9.17) is 0 Å². The quantitative estimate of drug-likeness (QED) is 0.618. The van der Waals surface area contributed by atoms with Crippen LogP contribution in [0.2, 0.25) is 0 Å². The second-order valence-corrected chi connectivity index (χ2v) is 2.61. The predicted molar refractivity (Wildman–Crippen MR) is 44.7 cm³/mol. The average molecular weight is 154 g/mol. The molecule has 0 aliphatic heterocycles. The summed E-state index contributed by atoms with van der Waals surface area (Å²) >= 11 is 0. The van der Waals surface area contributed by atoms with Crippen molar-refractivity contribution in [2.45, 2.75) is 26.8 Å². The van der Waals surface area contributed by atoms with Crippen LogP contribution >= 0.6 is 0 Å². The summed E-state index contributed by atoms with van der Waals surface area (Å²) < 4.78 is 3.42. The molecule has 62 valence electrons. The van der Waals surface area contributed by atoms with Gasteiger partial charge in [0, 0.05) is 25.5 Å². The fraction of sp³-hybridized carbons (Fsp3) is 0.625. The van der Waals surface area contributed by atoms with Crippen molar-refractivity contribution in [3.8, 4) is 0 Å². The third-order valence-electron chi connectivity index (χ3n) is 1.90. The fourth-order valence-electron chi connectivity index (χ4n) is 1.28. The average Bonchev–Trinajstić information content (AvgIpc) is 2.28. The zero-order valence-corrected chi connectivity index (χ0v) is 7.29. The van der Waals surface area contributed by atoms with Crippen LogP contribution in [0.15, 0.2) is 11.0 Å². The second-order valence-electron chi connectivity index (χ2n) is 2.61. The minimum Gasteiger partial charge on any atom is -0.302 e. The highest BCUT2D eigenvalue weighted by molar-refractivity contribution is 4.99. The Hall–Kier alpha value is -0.990. The zero-order valence-electron chi connectivity index (χ0n) is 7.29. The van der Waals surface area contributed by atoms with Gasteiger partial charge in [-0.3, -0.25) is 4.57 Å². The van der Waals surface area contributed by atoms with E-state index in [-0.39, 0.29) is 5.69 Å². The number of aromatic nitrogens is 2. The van der Waals surface area contributed by atoms with Crippen LogP contribution in [-0.4, -0.2) is 9.13 Å². The lowest BCUT2D eigenvalue weighted by molar-refractivity contribution is 0.669. The normalized spacial score (nSPS) is 10.5. The van der Waals surface area contributed by atoms with Gasteiger partial charge in [0.2, 0.25) is 0 Å². The minimum absolute atomic E-state index is 0.0874. The topological polar surface area (TPSA) is 26.9 Å². The minimum atomic E-state index is 0.0874. The van der Waals surface area contributed by atoms with Crippen molar-refractivity contribution in [1.29, 1.82) is 0 Å². The summed E-state index contributed by atoms with van der Waals surface area (Å²) in [4.78, 5) is 11.3. The molecular weight excluding hydrogens is 140 g/mol. The molecule has 0 amide bonds. The first-order valence-corrected chi connectivity index (χ1v) is 3.95. The summed E-state index contributed by atoms with van der Waals surface area (Å²) in [5.41, 5.74) is 1.20. The number of hydrogen-bond acceptors (Lipinski definition) is 1. The van der Waals surface area contributed by atoms with Crippen LogP contribution in [0, 0.1) is 0 Å². The van der Waals surface area contributed by atoms with E-state index in [0.29, 0.717) is 0 Å². The van der Waals surface area contributed by atoms with Crippen molar-refractivity contribution >= 4 is 0 Å². The van der Waals surface area contributed by atoms with E-state index in [0.717, 1.165) is 18.7 Å². The van der Waals surface area contributed by atoms with Crippen molar-refractivity contribution < 1.29 is 0 Å². The van der Waals surface area contributed by atoms with Gasteiger partial charge >= 0.3 is 5.69 Å². The molecule has 0 saturated heterocycles. The molecule has 0 radical (unpaired) electrons. The van der Waals surface area contributed by atoms with E-state index >= 15 is 0 Å². The second kappa shape index (κ2) is 2.95. The molecule has 1 aromatic heterocycles. The van der Waals surface area contributed by atoms with E-state index < -0.39 is 0 Å². The Morgan fingerprint density at radius 2 is 2.09 bits per heavy atom. The van der Waals surface area contributed by atoms with Crippen LogP contribution in [0.5, 0.6) is 0 Å². The Balaban J connectivity index is 3.27. The molecule has 1 aromatic rings. The highest BCUT2D eigenvalue weighted by Crippen LogP contribution is 1.96. The number of nitrogens with zero attached hydrogens (tertiary/aromatic N) is 2. The number of hydrogen-bond donors (Lipinski definition) is 0. The monoisotopic (exact) mass is 154 g/mol. The Labute approximate surface area is 66.3 Å². The molecule has 0 saturated carbocycles. The molecule has 0 aromatic carbocycles. The fourth-order valence-corrected chi connectivity index (χ4v) is 1.28. The molecule has 3 heteroatoms. The molecule has 1 heterocycles. The molecule has 0 spiro atoms. The van der Waals surface area contributed by atoms with Crippen LogP contribution in [0.1, 0.15) is 19.5 Å². The van der Waals surface area contributed by atoms with Crippen molar-refractivity contribution in [3.05, 3.63) is 22.4 Å². The molecule has 0 bridgehead atoms. The van der Waals surface area contributed by atoms with Gasteiger partial charge in [-0.2, -0.15) is 0 Å². The van der Waals surface area contributed by atoms with Crippen LogP contribution in [0.25, 0.3) is 0 Å². The van der Waals surface area contributed by atoms with Crippen molar-refractivity contribution in [2.24, 2.45) is 7.05 Å². The maximum Gasteiger partial charge on any atom is 0.328 e. The van der Waals surface area contributed by atoms with Gasteiger partial charge < -0.3 is 4.57 Å². The molecule has 0 fully saturated rings. The Morgan fingerprint density at radius 3 is 2.45 bits per heavy atom. The van der Waals surface area contributed by atoms with Gasteiger partial charge in [-0.15, -0.1) is 0 Å². The summed E-state index contributed by atoms with van der Waals surface area (Å²) in [6.45, 7) is 4.81. The molecule has 11 heavy (non-hydrogen) atoms. The van der Waals surface area contributed by atoms with Crippen LogP contribution in [0.3, 0.4) is 0 Å². The van der Waals surface area contributed by atoms with Gasteiger partial charge in [-0.1, -0.05) is 6.92 Å². The largest absolute Gasteiger partial charge is 0.328 e. The lowest BCUT2D eigenvalue weighted by Crippen LogP contribution is -2.22. The van der Waals surface area contributed by atoms with Gasteiger partial charge in [-0.25, -0.2) is 4.79 Å². The Kier molecular flexibility index (Phi) is 2.17. The predicted octanol–water partition coefficient (Wildman–Crippen LogP) is 0.769. The molecule has 0 N–H and O–H groups in total. The summed E-state index contributed by atoms with van der Waals surface area (Å²) in [6.07, 6.45) is 2.82. The first kappa shape index (κ1) is 8.11. The van der Waals surface area contributed by atoms with Crippen LogP contribution in [0.4, 0.5) is 0 Å². The van der Waals surface area contributed by atoms with E-state index in [1.54, 1.807) is 16.2 Å². The number of aryl methyl sites for hydroxylation is 2. The molecular formula is C8H14N2O. The molecule has 0 aliphatic carbocycles. The summed E-state index contributed by atoms with van der Waals surface area (Å²) in [6, 6.07) is 0. The number of imidazole rings is 1. The molecule has 3 nitrogen and oxygen atoms in total. The summed E-state index contributed by atoms with van der Waals surface area (Å²) in [5.74, 6) is 0. The SMILES string of the molecule is CCc1cn(C)c(=O)n1CC. The van der Waals surface area contributed by atoms with Crippen molar-refractivity contribution in [3.63, 3.8) is 0 Å². The first-order chi connectivity index (χ1) is 5.20. The standard InChI is InChI=1S/C8H14N2O/c1-4-7-6-9(3)8(11)10(7)5-2/h6H,4-5H2,1-3H3. The summed E-state index contributed by atoms with van der Waals surface area (Å²) in [7, 11) is 1.79. The van der Waals surface area contributed by atoms with E-state index in [2.05, 4.69) is 6.92 Å². The Morgan fingerprint density at radius 1 is 1.45 bits per heavy atom. The maximum absolute atomic E-state index is 11.3. The summed E-state index contributed by atoms with van der Waals surface area (Å²) in [5, 5.41) is 0. The molecule has 0 aliphatic rings. The van der Waals surface area contributed by atoms with E-state index in [1.165, 1.54) is 0 Å². The molecule has 0 atom stereocenters.